The van der Waals surface area contributed by atoms with Crippen molar-refractivity contribution >= 4 is 39.0 Å². The van der Waals surface area contributed by atoms with Crippen molar-refractivity contribution in [1.82, 2.24) is 4.57 Å². The van der Waals surface area contributed by atoms with Crippen LogP contribution >= 0.6 is 27.3 Å². The van der Waals surface area contributed by atoms with Gasteiger partial charge in [0.15, 0.2) is 4.80 Å². The van der Waals surface area contributed by atoms with Gasteiger partial charge in [-0.05, 0) is 41.5 Å². The molecule has 3 aromatic carbocycles. The summed E-state index contributed by atoms with van der Waals surface area (Å²) >= 11 is 4.90. The van der Waals surface area contributed by atoms with Crippen molar-refractivity contribution < 1.29 is 4.74 Å². The number of thiazole rings is 1. The lowest BCUT2D eigenvalue weighted by Gasteiger charge is -2.19. The van der Waals surface area contributed by atoms with Gasteiger partial charge in [0, 0.05) is 10.0 Å². The zero-order chi connectivity index (χ0) is 22.1. The summed E-state index contributed by atoms with van der Waals surface area (Å²) in [7, 11) is 1.63. The second-order valence-corrected chi connectivity index (χ2v) is 9.26. The molecule has 1 aliphatic rings. The summed E-state index contributed by atoms with van der Waals surface area (Å²) in [6.07, 6.45) is 3.94. The highest BCUT2D eigenvalue weighted by molar-refractivity contribution is 9.10. The summed E-state index contributed by atoms with van der Waals surface area (Å²) in [4.78, 5) is 19.1. The van der Waals surface area contributed by atoms with Crippen LogP contribution in [0.3, 0.4) is 0 Å². The molecular weight excluding hydrogens is 484 g/mol. The standard InChI is InChI=1S/C26H19BrN2O2S/c1-31-23-10-6-5-9-19(23)15-24-25(30)29-22(18-11-13-20(27)14-12-18)16-21(28-26(29)32-24)17-7-3-2-4-8-17/h2-16,22H,1H3. The van der Waals surface area contributed by atoms with E-state index >= 15 is 0 Å². The van der Waals surface area contributed by atoms with Gasteiger partial charge >= 0.3 is 0 Å². The predicted octanol–water partition coefficient (Wildman–Crippen LogP) is 4.77. The number of hydrogen-bond acceptors (Lipinski definition) is 4. The molecule has 0 radical (unpaired) electrons. The fraction of sp³-hybridized carbons (Fsp3) is 0.0769. The van der Waals surface area contributed by atoms with Crippen LogP contribution in [0.1, 0.15) is 22.7 Å². The van der Waals surface area contributed by atoms with Crippen molar-refractivity contribution in [2.24, 2.45) is 4.99 Å². The number of benzene rings is 3. The number of methoxy groups -OCH3 is 1. The molecule has 0 spiro atoms. The Hall–Kier alpha value is -3.22. The van der Waals surface area contributed by atoms with E-state index in [4.69, 9.17) is 9.73 Å². The Morgan fingerprint density at radius 2 is 1.72 bits per heavy atom. The molecule has 32 heavy (non-hydrogen) atoms. The van der Waals surface area contributed by atoms with Gasteiger partial charge in [-0.15, -0.1) is 0 Å². The predicted molar refractivity (Wildman–Crippen MR) is 133 cm³/mol. The van der Waals surface area contributed by atoms with E-state index in [1.807, 2.05) is 84.9 Å². The van der Waals surface area contributed by atoms with Gasteiger partial charge in [-0.1, -0.05) is 87.9 Å². The number of fused-ring (bicyclic) bond motifs is 1. The van der Waals surface area contributed by atoms with Crippen LogP contribution in [0.25, 0.3) is 11.8 Å². The third-order valence-electron chi connectivity index (χ3n) is 5.35. The zero-order valence-electron chi connectivity index (χ0n) is 17.2. The maximum atomic E-state index is 13.5. The number of rotatable bonds is 4. The fourth-order valence-corrected chi connectivity index (χ4v) is 5.05. The van der Waals surface area contributed by atoms with Crippen molar-refractivity contribution in [3.63, 3.8) is 0 Å². The summed E-state index contributed by atoms with van der Waals surface area (Å²) in [6.45, 7) is 0. The topological polar surface area (TPSA) is 43.6 Å². The number of hydrogen-bond donors (Lipinski definition) is 0. The Morgan fingerprint density at radius 3 is 2.47 bits per heavy atom. The van der Waals surface area contributed by atoms with E-state index in [1.165, 1.54) is 11.3 Å². The van der Waals surface area contributed by atoms with E-state index in [-0.39, 0.29) is 11.6 Å². The highest BCUT2D eigenvalue weighted by Crippen LogP contribution is 2.27. The van der Waals surface area contributed by atoms with Gasteiger partial charge in [0.2, 0.25) is 0 Å². The minimum atomic E-state index is -0.241. The fourth-order valence-electron chi connectivity index (χ4n) is 3.78. The molecule has 0 amide bonds. The Bertz CT molecular complexity index is 1490. The van der Waals surface area contributed by atoms with Crippen molar-refractivity contribution in [3.8, 4) is 5.75 Å². The highest BCUT2D eigenvalue weighted by atomic mass is 79.9. The van der Waals surface area contributed by atoms with Crippen molar-refractivity contribution in [2.75, 3.05) is 7.11 Å². The molecule has 0 bridgehead atoms. The Morgan fingerprint density at radius 1 is 1.00 bits per heavy atom. The number of para-hydroxylation sites is 1. The molecule has 2 heterocycles. The molecule has 1 aliphatic heterocycles. The van der Waals surface area contributed by atoms with E-state index in [2.05, 4.69) is 22.0 Å². The van der Waals surface area contributed by atoms with Gasteiger partial charge in [0.1, 0.15) is 5.75 Å². The zero-order valence-corrected chi connectivity index (χ0v) is 19.6. The summed E-state index contributed by atoms with van der Waals surface area (Å²) in [5, 5.41) is 0. The van der Waals surface area contributed by atoms with Crippen LogP contribution in [-0.2, 0) is 0 Å². The van der Waals surface area contributed by atoms with Crippen LogP contribution in [0.4, 0.5) is 0 Å². The minimum absolute atomic E-state index is 0.0593. The van der Waals surface area contributed by atoms with Crippen molar-refractivity contribution in [1.29, 1.82) is 0 Å². The number of ether oxygens (including phenoxy) is 1. The van der Waals surface area contributed by atoms with E-state index < -0.39 is 0 Å². The monoisotopic (exact) mass is 502 g/mol. The van der Waals surface area contributed by atoms with Gasteiger partial charge < -0.3 is 4.74 Å². The Kier molecular flexibility index (Phi) is 5.64. The lowest BCUT2D eigenvalue weighted by molar-refractivity contribution is 0.414. The molecule has 1 unspecified atom stereocenters. The second-order valence-electron chi connectivity index (χ2n) is 7.34. The Balaban J connectivity index is 1.74. The molecular formula is C26H19BrN2O2S. The molecule has 0 aliphatic carbocycles. The average molecular weight is 503 g/mol. The summed E-state index contributed by atoms with van der Waals surface area (Å²) in [5.41, 5.74) is 3.72. The normalized spacial score (nSPS) is 15.6. The van der Waals surface area contributed by atoms with E-state index in [0.717, 1.165) is 32.6 Å². The summed E-state index contributed by atoms with van der Waals surface area (Å²) < 4.78 is 8.86. The van der Waals surface area contributed by atoms with Crippen LogP contribution in [0.2, 0.25) is 0 Å². The van der Waals surface area contributed by atoms with E-state index in [9.17, 15) is 4.79 Å². The SMILES string of the molecule is COc1ccccc1C=c1sc2n(c1=O)C(c1ccc(Br)cc1)C=C(c1ccccc1)N=2. The number of halogens is 1. The van der Waals surface area contributed by atoms with Crippen molar-refractivity contribution in [3.05, 3.63) is 126 Å². The molecule has 5 rings (SSSR count). The number of allylic oxidation sites excluding steroid dienone is 1. The molecule has 6 heteroatoms. The number of nitrogens with zero attached hydrogens (tertiary/aromatic N) is 2. The largest absolute Gasteiger partial charge is 0.496 e. The first-order chi connectivity index (χ1) is 15.6. The quantitative estimate of drug-likeness (QED) is 0.403. The molecule has 4 aromatic rings. The van der Waals surface area contributed by atoms with Gasteiger partial charge in [-0.25, -0.2) is 4.99 Å². The lowest BCUT2D eigenvalue weighted by Crippen LogP contribution is -2.36. The first kappa shape index (κ1) is 20.7. The maximum Gasteiger partial charge on any atom is 0.271 e. The molecule has 4 nitrogen and oxygen atoms in total. The average Bonchev–Trinajstić information content (AvgIpc) is 3.15. The summed E-state index contributed by atoms with van der Waals surface area (Å²) in [5.74, 6) is 0.729. The Labute approximate surface area is 197 Å². The van der Waals surface area contributed by atoms with E-state index in [0.29, 0.717) is 9.33 Å². The van der Waals surface area contributed by atoms with Gasteiger partial charge in [0.25, 0.3) is 5.56 Å². The number of aromatic nitrogens is 1. The van der Waals surface area contributed by atoms with Gasteiger partial charge in [-0.3, -0.25) is 9.36 Å². The molecule has 0 saturated heterocycles. The third-order valence-corrected chi connectivity index (χ3v) is 6.87. The second kappa shape index (κ2) is 8.73. The minimum Gasteiger partial charge on any atom is -0.496 e. The summed E-state index contributed by atoms with van der Waals surface area (Å²) in [6, 6.07) is 25.6. The maximum absolute atomic E-state index is 13.5. The van der Waals surface area contributed by atoms with Crippen LogP contribution in [0.15, 0.2) is 99.2 Å². The lowest BCUT2D eigenvalue weighted by atomic mass is 10.0. The highest BCUT2D eigenvalue weighted by Gasteiger charge is 2.22. The smallest absolute Gasteiger partial charge is 0.271 e. The van der Waals surface area contributed by atoms with Crippen molar-refractivity contribution in [2.45, 2.75) is 6.04 Å². The molecule has 1 atom stereocenters. The molecule has 1 aromatic heterocycles. The molecule has 0 fully saturated rings. The van der Waals surface area contributed by atoms with Crippen LogP contribution in [-0.4, -0.2) is 11.7 Å². The van der Waals surface area contributed by atoms with Gasteiger partial charge in [0.05, 0.1) is 23.4 Å². The van der Waals surface area contributed by atoms with Crippen LogP contribution < -0.4 is 19.6 Å². The first-order valence-electron chi connectivity index (χ1n) is 10.1. The molecule has 158 valence electrons. The molecule has 0 saturated carbocycles. The molecule has 0 N–H and O–H groups in total. The third kappa shape index (κ3) is 3.87. The van der Waals surface area contributed by atoms with Gasteiger partial charge in [-0.2, -0.15) is 0 Å². The van der Waals surface area contributed by atoms with Crippen LogP contribution in [0, 0.1) is 0 Å². The van der Waals surface area contributed by atoms with E-state index in [1.54, 1.807) is 11.7 Å². The van der Waals surface area contributed by atoms with Crippen LogP contribution in [0.5, 0.6) is 5.75 Å². The first-order valence-corrected chi connectivity index (χ1v) is 11.7.